The number of aromatic amines is 1. The van der Waals surface area contributed by atoms with Gasteiger partial charge in [0, 0.05) is 37.6 Å². The summed E-state index contributed by atoms with van der Waals surface area (Å²) in [7, 11) is 0. The highest BCUT2D eigenvalue weighted by Gasteiger charge is 2.25. The van der Waals surface area contributed by atoms with Gasteiger partial charge in [-0.2, -0.15) is 0 Å². The SMILES string of the molecule is O=C(O)c1[nH]c2cc(Cl)ccc2c1-c1c(-c2ccccc2)ncn1Cc1ccc(Cl)cc1F. The lowest BCUT2D eigenvalue weighted by Crippen LogP contribution is -2.06. The maximum Gasteiger partial charge on any atom is 0.353 e. The molecule has 2 N–H and O–H groups in total. The van der Waals surface area contributed by atoms with Crippen LogP contribution in [0.3, 0.4) is 0 Å². The number of nitrogens with one attached hydrogen (secondary N) is 1. The number of carboxylic acids is 1. The number of rotatable bonds is 5. The van der Waals surface area contributed by atoms with Crippen LogP contribution < -0.4 is 0 Å². The Balaban J connectivity index is 1.80. The van der Waals surface area contributed by atoms with Crippen LogP contribution >= 0.6 is 23.2 Å². The molecule has 0 aliphatic carbocycles. The van der Waals surface area contributed by atoms with Gasteiger partial charge in [0.15, 0.2) is 0 Å². The van der Waals surface area contributed by atoms with Crippen LogP contribution in [0.2, 0.25) is 10.0 Å². The van der Waals surface area contributed by atoms with E-state index in [1.165, 1.54) is 6.07 Å². The highest BCUT2D eigenvalue weighted by molar-refractivity contribution is 6.31. The highest BCUT2D eigenvalue weighted by atomic mass is 35.5. The molecule has 0 spiro atoms. The van der Waals surface area contributed by atoms with E-state index in [0.29, 0.717) is 43.5 Å². The summed E-state index contributed by atoms with van der Waals surface area (Å²) in [5.41, 5.74) is 3.40. The second-order valence-corrected chi connectivity index (χ2v) is 8.41. The summed E-state index contributed by atoms with van der Waals surface area (Å²) < 4.78 is 16.4. The number of aromatic carboxylic acids is 1. The number of benzene rings is 3. The Morgan fingerprint density at radius 2 is 1.76 bits per heavy atom. The molecule has 0 aliphatic rings. The maximum atomic E-state index is 14.6. The number of hydrogen-bond donors (Lipinski definition) is 2. The Morgan fingerprint density at radius 1 is 1.03 bits per heavy atom. The normalized spacial score (nSPS) is 11.2. The maximum absolute atomic E-state index is 14.6. The minimum atomic E-state index is -1.12. The van der Waals surface area contributed by atoms with E-state index in [-0.39, 0.29) is 12.2 Å². The van der Waals surface area contributed by atoms with Crippen molar-refractivity contribution < 1.29 is 14.3 Å². The van der Waals surface area contributed by atoms with E-state index in [9.17, 15) is 14.3 Å². The number of imidazole rings is 1. The van der Waals surface area contributed by atoms with Crippen molar-refractivity contribution in [3.05, 3.63) is 100 Å². The van der Waals surface area contributed by atoms with Crippen molar-refractivity contribution >= 4 is 40.1 Å². The molecule has 0 bridgehead atoms. The zero-order chi connectivity index (χ0) is 23.1. The fourth-order valence-corrected chi connectivity index (χ4v) is 4.31. The molecule has 0 unspecified atom stereocenters. The predicted molar refractivity (Wildman–Crippen MR) is 127 cm³/mol. The van der Waals surface area contributed by atoms with Crippen LogP contribution in [0, 0.1) is 5.82 Å². The second kappa shape index (κ2) is 8.39. The molecule has 3 aromatic carbocycles. The van der Waals surface area contributed by atoms with Gasteiger partial charge in [0.05, 0.1) is 24.3 Å². The molecule has 0 amide bonds. The van der Waals surface area contributed by atoms with Crippen LogP contribution in [-0.4, -0.2) is 25.6 Å². The Hall–Kier alpha value is -3.61. The summed E-state index contributed by atoms with van der Waals surface area (Å²) in [5, 5.41) is 11.4. The minimum Gasteiger partial charge on any atom is -0.477 e. The summed E-state index contributed by atoms with van der Waals surface area (Å²) in [4.78, 5) is 19.8. The van der Waals surface area contributed by atoms with Crippen LogP contribution in [0.25, 0.3) is 33.4 Å². The van der Waals surface area contributed by atoms with Crippen LogP contribution in [0.15, 0.2) is 73.1 Å². The molecule has 8 heteroatoms. The van der Waals surface area contributed by atoms with E-state index in [2.05, 4.69) is 9.97 Å². The lowest BCUT2D eigenvalue weighted by molar-refractivity contribution is 0.0692. The quantitative estimate of drug-likeness (QED) is 0.288. The molecular weight excluding hydrogens is 464 g/mol. The first-order chi connectivity index (χ1) is 15.9. The average Bonchev–Trinajstić information content (AvgIpc) is 3.37. The van der Waals surface area contributed by atoms with Crippen LogP contribution in [0.1, 0.15) is 16.1 Å². The van der Waals surface area contributed by atoms with E-state index in [1.807, 2.05) is 30.3 Å². The van der Waals surface area contributed by atoms with Crippen molar-refractivity contribution in [1.82, 2.24) is 14.5 Å². The molecule has 5 nitrogen and oxygen atoms in total. The number of fused-ring (bicyclic) bond motifs is 1. The zero-order valence-corrected chi connectivity index (χ0v) is 18.5. The summed E-state index contributed by atoms with van der Waals surface area (Å²) in [6.45, 7) is 0.136. The molecular formula is C25H16Cl2FN3O2. The van der Waals surface area contributed by atoms with Gasteiger partial charge in [-0.25, -0.2) is 14.2 Å². The molecule has 0 atom stereocenters. The first-order valence-corrected chi connectivity index (χ1v) is 10.8. The Bertz CT molecular complexity index is 1510. The van der Waals surface area contributed by atoms with Gasteiger partial charge in [0.2, 0.25) is 0 Å². The lowest BCUT2D eigenvalue weighted by atomic mass is 10.0. The molecule has 5 aromatic rings. The highest BCUT2D eigenvalue weighted by Crippen LogP contribution is 2.39. The van der Waals surface area contributed by atoms with Crippen molar-refractivity contribution in [3.63, 3.8) is 0 Å². The van der Waals surface area contributed by atoms with Crippen molar-refractivity contribution in [3.8, 4) is 22.5 Å². The lowest BCUT2D eigenvalue weighted by Gasteiger charge is -2.12. The van der Waals surface area contributed by atoms with E-state index in [1.54, 1.807) is 41.2 Å². The Kier molecular flexibility index (Phi) is 5.40. The molecule has 2 aromatic heterocycles. The number of nitrogens with zero attached hydrogens (tertiary/aromatic N) is 2. The van der Waals surface area contributed by atoms with E-state index >= 15 is 0 Å². The van der Waals surface area contributed by atoms with Crippen LogP contribution in [0.5, 0.6) is 0 Å². The summed E-state index contributed by atoms with van der Waals surface area (Å²) in [6, 6.07) is 19.1. The van der Waals surface area contributed by atoms with E-state index < -0.39 is 11.8 Å². The standard InChI is InChI=1S/C25H16Cl2FN3O2/c26-16-7-6-15(19(28)10-16)12-31-13-29-22(14-4-2-1-3-5-14)24(31)21-18-9-8-17(27)11-20(18)30-23(21)25(32)33/h1-11,13,30H,12H2,(H,32,33). The van der Waals surface area contributed by atoms with Gasteiger partial charge in [-0.05, 0) is 24.3 Å². The van der Waals surface area contributed by atoms with Gasteiger partial charge in [-0.1, -0.05) is 65.7 Å². The smallest absolute Gasteiger partial charge is 0.353 e. The van der Waals surface area contributed by atoms with Gasteiger partial charge in [-0.15, -0.1) is 0 Å². The number of hydrogen-bond acceptors (Lipinski definition) is 2. The molecule has 0 saturated carbocycles. The fraction of sp³-hybridized carbons (Fsp3) is 0.0400. The molecule has 5 rings (SSSR count). The molecule has 0 saturated heterocycles. The summed E-state index contributed by atoms with van der Waals surface area (Å²) in [5.74, 6) is -1.57. The Morgan fingerprint density at radius 3 is 2.48 bits per heavy atom. The van der Waals surface area contributed by atoms with Gasteiger partial charge in [0.25, 0.3) is 0 Å². The number of carboxylic acid groups (broad SMARTS) is 1. The first-order valence-electron chi connectivity index (χ1n) is 10.0. The van der Waals surface area contributed by atoms with Crippen LogP contribution in [0.4, 0.5) is 4.39 Å². The molecule has 0 radical (unpaired) electrons. The van der Waals surface area contributed by atoms with E-state index in [0.717, 1.165) is 5.56 Å². The van der Waals surface area contributed by atoms with Gasteiger partial charge < -0.3 is 14.7 Å². The van der Waals surface area contributed by atoms with Gasteiger partial charge in [-0.3, -0.25) is 0 Å². The zero-order valence-electron chi connectivity index (χ0n) is 17.0. The molecule has 33 heavy (non-hydrogen) atoms. The van der Waals surface area contributed by atoms with Gasteiger partial charge >= 0.3 is 5.97 Å². The molecule has 164 valence electrons. The fourth-order valence-electron chi connectivity index (χ4n) is 3.98. The predicted octanol–water partition coefficient (Wildman–Crippen LogP) is 6.89. The van der Waals surface area contributed by atoms with Crippen molar-refractivity contribution in [2.24, 2.45) is 0 Å². The second-order valence-electron chi connectivity index (χ2n) is 7.54. The topological polar surface area (TPSA) is 70.9 Å². The first kappa shape index (κ1) is 21.2. The number of halogens is 3. The van der Waals surface area contributed by atoms with Gasteiger partial charge in [0.1, 0.15) is 11.5 Å². The summed E-state index contributed by atoms with van der Waals surface area (Å²) in [6.07, 6.45) is 1.59. The minimum absolute atomic E-state index is 0.00257. The molecule has 2 heterocycles. The largest absolute Gasteiger partial charge is 0.477 e. The number of H-pyrrole nitrogens is 1. The van der Waals surface area contributed by atoms with Crippen molar-refractivity contribution in [1.29, 1.82) is 0 Å². The molecule has 0 fully saturated rings. The monoisotopic (exact) mass is 479 g/mol. The Labute approximate surface area is 198 Å². The summed E-state index contributed by atoms with van der Waals surface area (Å²) >= 11 is 12.1. The number of aromatic nitrogens is 3. The van der Waals surface area contributed by atoms with Crippen LogP contribution in [-0.2, 0) is 6.54 Å². The average molecular weight is 480 g/mol. The van der Waals surface area contributed by atoms with Crippen molar-refractivity contribution in [2.45, 2.75) is 6.54 Å². The van der Waals surface area contributed by atoms with E-state index in [4.69, 9.17) is 23.2 Å². The number of carbonyl (C=O) groups is 1. The molecule has 0 aliphatic heterocycles. The third-order valence-corrected chi connectivity index (χ3v) is 5.92. The third-order valence-electron chi connectivity index (χ3n) is 5.45. The third kappa shape index (κ3) is 3.88. The van der Waals surface area contributed by atoms with Crippen molar-refractivity contribution in [2.75, 3.05) is 0 Å².